The van der Waals surface area contributed by atoms with Gasteiger partial charge in [-0.05, 0) is 22.9 Å². The zero-order chi connectivity index (χ0) is 11.0. The van der Waals surface area contributed by atoms with E-state index in [1.807, 2.05) is 38.1 Å². The summed E-state index contributed by atoms with van der Waals surface area (Å²) in [5, 5.41) is 10.2. The SMILES string of the molecule is C.CC(C)c1c(C(=O)O)sc2ccccc12. The molecule has 0 spiro atoms. The molecule has 2 aromatic rings. The van der Waals surface area contributed by atoms with Crippen molar-refractivity contribution in [3.8, 4) is 0 Å². The largest absolute Gasteiger partial charge is 0.477 e. The molecule has 1 aromatic carbocycles. The van der Waals surface area contributed by atoms with Crippen LogP contribution in [0.5, 0.6) is 0 Å². The van der Waals surface area contributed by atoms with Crippen LogP contribution in [-0.2, 0) is 0 Å². The normalized spacial score (nSPS) is 10.4. The van der Waals surface area contributed by atoms with Gasteiger partial charge in [0, 0.05) is 4.70 Å². The first-order chi connectivity index (χ1) is 7.11. The number of carboxylic acid groups (broad SMARTS) is 1. The van der Waals surface area contributed by atoms with Gasteiger partial charge in [-0.2, -0.15) is 0 Å². The number of rotatable bonds is 2. The molecule has 0 saturated carbocycles. The van der Waals surface area contributed by atoms with Crippen LogP contribution in [0.25, 0.3) is 10.1 Å². The number of fused-ring (bicyclic) bond motifs is 1. The molecule has 0 aliphatic heterocycles. The second kappa shape index (κ2) is 4.66. The molecule has 0 radical (unpaired) electrons. The standard InChI is InChI=1S/C12H12O2S.CH4/c1-7(2)10-8-5-3-4-6-9(8)15-11(10)12(13)14;/h3-7H,1-2H3,(H,13,14);1H4. The highest BCUT2D eigenvalue weighted by Gasteiger charge is 2.19. The van der Waals surface area contributed by atoms with Crippen LogP contribution >= 0.6 is 11.3 Å². The third-order valence-corrected chi connectivity index (χ3v) is 3.58. The number of thiophene rings is 1. The Morgan fingerprint density at radius 1 is 1.31 bits per heavy atom. The van der Waals surface area contributed by atoms with Crippen LogP contribution in [0.4, 0.5) is 0 Å². The van der Waals surface area contributed by atoms with Gasteiger partial charge in [-0.3, -0.25) is 0 Å². The molecule has 3 heteroatoms. The first-order valence-corrected chi connectivity index (χ1v) is 5.67. The van der Waals surface area contributed by atoms with Gasteiger partial charge in [0.15, 0.2) is 0 Å². The Bertz CT molecular complexity index is 512. The Labute approximate surface area is 99.5 Å². The van der Waals surface area contributed by atoms with Crippen molar-refractivity contribution in [2.75, 3.05) is 0 Å². The summed E-state index contributed by atoms with van der Waals surface area (Å²) in [5.74, 6) is -0.577. The zero-order valence-corrected chi connectivity index (χ0v) is 9.47. The topological polar surface area (TPSA) is 37.3 Å². The van der Waals surface area contributed by atoms with Crippen molar-refractivity contribution >= 4 is 27.4 Å². The fraction of sp³-hybridized carbons (Fsp3) is 0.308. The highest BCUT2D eigenvalue weighted by molar-refractivity contribution is 7.21. The van der Waals surface area contributed by atoms with Crippen molar-refractivity contribution in [2.45, 2.75) is 27.2 Å². The minimum Gasteiger partial charge on any atom is -0.477 e. The van der Waals surface area contributed by atoms with Crippen LogP contribution in [0.1, 0.15) is 42.4 Å². The van der Waals surface area contributed by atoms with Gasteiger partial charge in [0.1, 0.15) is 4.88 Å². The van der Waals surface area contributed by atoms with Crippen molar-refractivity contribution < 1.29 is 9.90 Å². The van der Waals surface area contributed by atoms with Crippen LogP contribution in [0.3, 0.4) is 0 Å². The van der Waals surface area contributed by atoms with Crippen LogP contribution in [0.15, 0.2) is 24.3 Å². The molecule has 0 saturated heterocycles. The average Bonchev–Trinajstić information content (AvgIpc) is 2.56. The second-order valence-corrected chi connectivity index (χ2v) is 4.85. The smallest absolute Gasteiger partial charge is 0.346 e. The van der Waals surface area contributed by atoms with Gasteiger partial charge in [-0.15, -0.1) is 11.3 Å². The van der Waals surface area contributed by atoms with Gasteiger partial charge in [0.05, 0.1) is 0 Å². The number of hydrogen-bond donors (Lipinski definition) is 1. The van der Waals surface area contributed by atoms with E-state index >= 15 is 0 Å². The lowest BCUT2D eigenvalue weighted by atomic mass is 9.99. The lowest BCUT2D eigenvalue weighted by Gasteiger charge is -2.04. The number of carboxylic acids is 1. The maximum absolute atomic E-state index is 11.1. The molecule has 16 heavy (non-hydrogen) atoms. The van der Waals surface area contributed by atoms with Crippen LogP contribution in [-0.4, -0.2) is 11.1 Å². The number of carbonyl (C=O) groups is 1. The number of benzene rings is 1. The summed E-state index contributed by atoms with van der Waals surface area (Å²) in [4.78, 5) is 11.6. The van der Waals surface area contributed by atoms with Crippen LogP contribution in [0, 0.1) is 0 Å². The molecule has 1 N–H and O–H groups in total. The lowest BCUT2D eigenvalue weighted by Crippen LogP contribution is -1.99. The Morgan fingerprint density at radius 2 is 1.94 bits per heavy atom. The molecule has 1 heterocycles. The van der Waals surface area contributed by atoms with Gasteiger partial charge in [0.25, 0.3) is 0 Å². The molecular formula is C13H16O2S. The van der Waals surface area contributed by atoms with Crippen LogP contribution < -0.4 is 0 Å². The Kier molecular flexibility index (Phi) is 3.70. The summed E-state index contributed by atoms with van der Waals surface area (Å²) in [6.45, 7) is 4.06. The predicted molar refractivity (Wildman–Crippen MR) is 69.6 cm³/mol. The molecule has 0 amide bonds. The molecule has 0 bridgehead atoms. The van der Waals surface area contributed by atoms with Crippen molar-refractivity contribution in [2.24, 2.45) is 0 Å². The molecule has 0 aliphatic rings. The predicted octanol–water partition coefficient (Wildman–Crippen LogP) is 4.36. The zero-order valence-electron chi connectivity index (χ0n) is 8.65. The highest BCUT2D eigenvalue weighted by Crippen LogP contribution is 2.35. The minimum absolute atomic E-state index is 0. The van der Waals surface area contributed by atoms with E-state index in [1.165, 1.54) is 11.3 Å². The Balaban J connectivity index is 0.00000128. The summed E-state index contributed by atoms with van der Waals surface area (Å²) in [6, 6.07) is 7.85. The van der Waals surface area contributed by atoms with Gasteiger partial charge in [-0.1, -0.05) is 39.5 Å². The van der Waals surface area contributed by atoms with Crippen molar-refractivity contribution in [3.63, 3.8) is 0 Å². The van der Waals surface area contributed by atoms with E-state index in [1.54, 1.807) is 0 Å². The molecule has 0 unspecified atom stereocenters. The maximum atomic E-state index is 11.1. The Hall–Kier alpha value is -1.35. The summed E-state index contributed by atoms with van der Waals surface area (Å²) in [5.41, 5.74) is 0.961. The number of hydrogen-bond acceptors (Lipinski definition) is 2. The van der Waals surface area contributed by atoms with Crippen molar-refractivity contribution in [1.29, 1.82) is 0 Å². The molecule has 2 nitrogen and oxygen atoms in total. The van der Waals surface area contributed by atoms with E-state index in [0.29, 0.717) is 4.88 Å². The molecule has 0 atom stereocenters. The Morgan fingerprint density at radius 3 is 2.50 bits per heavy atom. The van der Waals surface area contributed by atoms with Gasteiger partial charge in [0.2, 0.25) is 0 Å². The molecule has 0 fully saturated rings. The summed E-state index contributed by atoms with van der Waals surface area (Å²) in [7, 11) is 0. The first-order valence-electron chi connectivity index (χ1n) is 4.86. The molecular weight excluding hydrogens is 220 g/mol. The monoisotopic (exact) mass is 236 g/mol. The van der Waals surface area contributed by atoms with E-state index in [0.717, 1.165) is 15.6 Å². The maximum Gasteiger partial charge on any atom is 0.346 e. The highest BCUT2D eigenvalue weighted by atomic mass is 32.1. The summed E-state index contributed by atoms with van der Waals surface area (Å²) < 4.78 is 1.05. The van der Waals surface area contributed by atoms with Crippen molar-refractivity contribution in [3.05, 3.63) is 34.7 Å². The van der Waals surface area contributed by atoms with Gasteiger partial charge >= 0.3 is 5.97 Å². The third-order valence-electron chi connectivity index (χ3n) is 2.41. The van der Waals surface area contributed by atoms with E-state index in [4.69, 9.17) is 5.11 Å². The lowest BCUT2D eigenvalue weighted by molar-refractivity contribution is 0.0701. The molecule has 1 aromatic heterocycles. The van der Waals surface area contributed by atoms with E-state index in [2.05, 4.69) is 0 Å². The fourth-order valence-corrected chi connectivity index (χ4v) is 2.99. The second-order valence-electron chi connectivity index (χ2n) is 3.80. The average molecular weight is 236 g/mol. The van der Waals surface area contributed by atoms with E-state index in [-0.39, 0.29) is 13.3 Å². The molecule has 2 rings (SSSR count). The number of aromatic carboxylic acids is 1. The summed E-state index contributed by atoms with van der Waals surface area (Å²) >= 11 is 1.36. The first kappa shape index (κ1) is 12.7. The van der Waals surface area contributed by atoms with Crippen LogP contribution in [0.2, 0.25) is 0 Å². The molecule has 0 aliphatic carbocycles. The quantitative estimate of drug-likeness (QED) is 0.841. The summed E-state index contributed by atoms with van der Waals surface area (Å²) in [6.07, 6.45) is 0. The van der Waals surface area contributed by atoms with E-state index in [9.17, 15) is 4.79 Å². The van der Waals surface area contributed by atoms with Gasteiger partial charge < -0.3 is 5.11 Å². The molecule has 86 valence electrons. The van der Waals surface area contributed by atoms with Gasteiger partial charge in [-0.25, -0.2) is 4.79 Å². The third kappa shape index (κ3) is 1.95. The fourth-order valence-electron chi connectivity index (χ4n) is 1.80. The van der Waals surface area contributed by atoms with Crippen molar-refractivity contribution in [1.82, 2.24) is 0 Å². The minimum atomic E-state index is -0.820. The van der Waals surface area contributed by atoms with E-state index < -0.39 is 5.97 Å².